The summed E-state index contributed by atoms with van der Waals surface area (Å²) in [7, 11) is 0. The molecule has 1 aromatic heterocycles. The van der Waals surface area contributed by atoms with E-state index in [1.54, 1.807) is 6.20 Å². The van der Waals surface area contributed by atoms with Crippen molar-refractivity contribution in [3.63, 3.8) is 0 Å². The first-order valence-electron chi connectivity index (χ1n) is 5.62. The lowest BCUT2D eigenvalue weighted by molar-refractivity contribution is 0.0918. The molecule has 2 rings (SSSR count). The Kier molecular flexibility index (Phi) is 3.38. The molecule has 4 heteroatoms. The van der Waals surface area contributed by atoms with Crippen molar-refractivity contribution < 1.29 is 9.15 Å². The van der Waals surface area contributed by atoms with Crippen LogP contribution in [0.5, 0.6) is 0 Å². The topological polar surface area (TPSA) is 47.3 Å². The van der Waals surface area contributed by atoms with Gasteiger partial charge in [0.2, 0.25) is 5.89 Å². The number of aromatic nitrogens is 1. The summed E-state index contributed by atoms with van der Waals surface area (Å²) >= 11 is 0. The molecule has 0 radical (unpaired) electrons. The van der Waals surface area contributed by atoms with Gasteiger partial charge in [-0.1, -0.05) is 6.92 Å². The molecule has 2 unspecified atom stereocenters. The van der Waals surface area contributed by atoms with Gasteiger partial charge in [-0.05, 0) is 26.3 Å². The fourth-order valence-electron chi connectivity index (χ4n) is 1.85. The highest BCUT2D eigenvalue weighted by atomic mass is 16.5. The van der Waals surface area contributed by atoms with Crippen LogP contribution in [0.1, 0.15) is 50.5 Å². The van der Waals surface area contributed by atoms with E-state index in [0.29, 0.717) is 0 Å². The first-order valence-corrected chi connectivity index (χ1v) is 5.62. The van der Waals surface area contributed by atoms with E-state index < -0.39 is 0 Å². The van der Waals surface area contributed by atoms with Gasteiger partial charge < -0.3 is 14.5 Å². The van der Waals surface area contributed by atoms with Crippen molar-refractivity contribution in [2.75, 3.05) is 13.2 Å². The third-order valence-corrected chi connectivity index (χ3v) is 2.67. The number of hydrogen-bond donors (Lipinski definition) is 1. The van der Waals surface area contributed by atoms with Crippen molar-refractivity contribution in [2.45, 2.75) is 38.8 Å². The van der Waals surface area contributed by atoms with Crippen LogP contribution in [0.2, 0.25) is 0 Å². The zero-order valence-electron chi connectivity index (χ0n) is 9.32. The lowest BCUT2D eigenvalue weighted by atomic mass is 10.2. The van der Waals surface area contributed by atoms with Crippen molar-refractivity contribution in [3.8, 4) is 0 Å². The SMILES string of the molecule is CCNC(C)c1ncc(C2CCCO2)o1. The predicted molar refractivity (Wildman–Crippen MR) is 56.5 cm³/mol. The van der Waals surface area contributed by atoms with Gasteiger partial charge in [0.25, 0.3) is 0 Å². The fraction of sp³-hybridized carbons (Fsp3) is 0.727. The summed E-state index contributed by atoms with van der Waals surface area (Å²) in [6, 6.07) is 0.171. The smallest absolute Gasteiger partial charge is 0.211 e. The van der Waals surface area contributed by atoms with Gasteiger partial charge in [-0.25, -0.2) is 4.98 Å². The van der Waals surface area contributed by atoms with Gasteiger partial charge in [-0.2, -0.15) is 0 Å². The van der Waals surface area contributed by atoms with E-state index in [1.807, 2.05) is 0 Å². The van der Waals surface area contributed by atoms with Crippen molar-refractivity contribution in [1.82, 2.24) is 10.3 Å². The summed E-state index contributed by atoms with van der Waals surface area (Å²) in [5, 5.41) is 3.27. The van der Waals surface area contributed by atoms with Crippen LogP contribution in [0.25, 0.3) is 0 Å². The summed E-state index contributed by atoms with van der Waals surface area (Å²) in [4.78, 5) is 4.27. The normalized spacial score (nSPS) is 23.2. The number of ether oxygens (including phenoxy) is 1. The Bertz CT molecular complexity index is 305. The average Bonchev–Trinajstić information content (AvgIpc) is 2.89. The molecule has 2 heterocycles. The van der Waals surface area contributed by atoms with E-state index >= 15 is 0 Å². The second kappa shape index (κ2) is 4.77. The molecular formula is C11H18N2O2. The maximum absolute atomic E-state index is 5.68. The number of rotatable bonds is 4. The molecular weight excluding hydrogens is 192 g/mol. The van der Waals surface area contributed by atoms with Crippen LogP contribution < -0.4 is 5.32 Å². The quantitative estimate of drug-likeness (QED) is 0.827. The maximum atomic E-state index is 5.68. The van der Waals surface area contributed by atoms with Crippen LogP contribution in [0.4, 0.5) is 0 Å². The molecule has 0 saturated carbocycles. The van der Waals surface area contributed by atoms with Gasteiger partial charge in [0.1, 0.15) is 6.10 Å². The highest BCUT2D eigenvalue weighted by Gasteiger charge is 2.22. The lowest BCUT2D eigenvalue weighted by Gasteiger charge is -2.08. The summed E-state index contributed by atoms with van der Waals surface area (Å²) in [6.07, 6.45) is 4.08. The second-order valence-corrected chi connectivity index (χ2v) is 3.88. The molecule has 1 aromatic rings. The van der Waals surface area contributed by atoms with E-state index in [4.69, 9.17) is 9.15 Å². The second-order valence-electron chi connectivity index (χ2n) is 3.88. The molecule has 1 N–H and O–H groups in total. The molecule has 0 amide bonds. The first-order chi connectivity index (χ1) is 7.31. The van der Waals surface area contributed by atoms with Gasteiger partial charge >= 0.3 is 0 Å². The Morgan fingerprint density at radius 2 is 2.53 bits per heavy atom. The number of nitrogens with zero attached hydrogens (tertiary/aromatic N) is 1. The fourth-order valence-corrected chi connectivity index (χ4v) is 1.85. The molecule has 0 aromatic carbocycles. The maximum Gasteiger partial charge on any atom is 0.211 e. The molecule has 4 nitrogen and oxygen atoms in total. The molecule has 84 valence electrons. The third kappa shape index (κ3) is 2.38. The zero-order chi connectivity index (χ0) is 10.7. The third-order valence-electron chi connectivity index (χ3n) is 2.67. The van der Waals surface area contributed by atoms with Crippen LogP contribution >= 0.6 is 0 Å². The van der Waals surface area contributed by atoms with Crippen molar-refractivity contribution in [1.29, 1.82) is 0 Å². The zero-order valence-corrected chi connectivity index (χ0v) is 9.32. The van der Waals surface area contributed by atoms with Crippen LogP contribution in [0.15, 0.2) is 10.6 Å². The Labute approximate surface area is 90.0 Å². The molecule has 15 heavy (non-hydrogen) atoms. The molecule has 1 fully saturated rings. The molecule has 0 bridgehead atoms. The molecule has 1 aliphatic heterocycles. The van der Waals surface area contributed by atoms with Gasteiger partial charge in [0, 0.05) is 6.61 Å². The van der Waals surface area contributed by atoms with E-state index in [0.717, 1.165) is 37.6 Å². The summed E-state index contributed by atoms with van der Waals surface area (Å²) in [5.74, 6) is 1.62. The van der Waals surface area contributed by atoms with E-state index in [2.05, 4.69) is 24.1 Å². The van der Waals surface area contributed by atoms with Crippen LogP contribution in [0.3, 0.4) is 0 Å². The number of oxazole rings is 1. The monoisotopic (exact) mass is 210 g/mol. The number of hydrogen-bond acceptors (Lipinski definition) is 4. The molecule has 0 spiro atoms. The standard InChI is InChI=1S/C11H18N2O2/c1-3-12-8(2)11-13-7-10(15-11)9-5-4-6-14-9/h7-9,12H,3-6H2,1-2H3. The Morgan fingerprint density at radius 3 is 3.20 bits per heavy atom. The molecule has 1 saturated heterocycles. The predicted octanol–water partition coefficient (Wildman–Crippen LogP) is 2.20. The highest BCUT2D eigenvalue weighted by Crippen LogP contribution is 2.29. The highest BCUT2D eigenvalue weighted by molar-refractivity contribution is 5.02. The Hall–Kier alpha value is -0.870. The minimum Gasteiger partial charge on any atom is -0.441 e. The molecule has 2 atom stereocenters. The van der Waals surface area contributed by atoms with Crippen molar-refractivity contribution in [3.05, 3.63) is 17.8 Å². The molecule has 1 aliphatic rings. The Morgan fingerprint density at radius 1 is 1.67 bits per heavy atom. The summed E-state index contributed by atoms with van der Waals surface area (Å²) in [5.41, 5.74) is 0. The minimum absolute atomic E-state index is 0.125. The minimum atomic E-state index is 0.125. The lowest BCUT2D eigenvalue weighted by Crippen LogP contribution is -2.17. The van der Waals surface area contributed by atoms with Gasteiger partial charge in [-0.15, -0.1) is 0 Å². The van der Waals surface area contributed by atoms with Crippen LogP contribution in [-0.4, -0.2) is 18.1 Å². The van der Waals surface area contributed by atoms with Crippen LogP contribution in [0, 0.1) is 0 Å². The largest absolute Gasteiger partial charge is 0.441 e. The summed E-state index contributed by atoms with van der Waals surface area (Å²) in [6.45, 7) is 5.87. The molecule has 0 aliphatic carbocycles. The van der Waals surface area contributed by atoms with Gasteiger partial charge in [0.05, 0.1) is 12.2 Å². The summed E-state index contributed by atoms with van der Waals surface area (Å²) < 4.78 is 11.2. The van der Waals surface area contributed by atoms with Crippen molar-refractivity contribution in [2.24, 2.45) is 0 Å². The Balaban J connectivity index is 2.02. The average molecular weight is 210 g/mol. The van der Waals surface area contributed by atoms with E-state index in [-0.39, 0.29) is 12.1 Å². The first kappa shape index (κ1) is 10.6. The van der Waals surface area contributed by atoms with Crippen LogP contribution in [-0.2, 0) is 4.74 Å². The number of nitrogens with one attached hydrogen (secondary N) is 1. The van der Waals surface area contributed by atoms with E-state index in [1.165, 1.54) is 0 Å². The van der Waals surface area contributed by atoms with Gasteiger partial charge in [-0.3, -0.25) is 0 Å². The van der Waals surface area contributed by atoms with Crippen molar-refractivity contribution >= 4 is 0 Å². The van der Waals surface area contributed by atoms with Gasteiger partial charge in [0.15, 0.2) is 5.76 Å². The van der Waals surface area contributed by atoms with E-state index in [9.17, 15) is 0 Å².